The zero-order valence-electron chi connectivity index (χ0n) is 13.4. The first-order valence-electron chi connectivity index (χ1n) is 7.94. The van der Waals surface area contributed by atoms with Gasteiger partial charge in [0.25, 0.3) is 5.91 Å². The molecule has 1 amide bonds. The van der Waals surface area contributed by atoms with Crippen molar-refractivity contribution >= 4 is 11.7 Å². The SMILES string of the molecule is Cc1cc(C(=O)N2CC3CN(c4ncncc4C)CC3C2)n[nH]1. The molecule has 2 aliphatic rings. The molecule has 2 aliphatic heterocycles. The van der Waals surface area contributed by atoms with Gasteiger partial charge in [-0.3, -0.25) is 9.89 Å². The zero-order chi connectivity index (χ0) is 16.0. The first kappa shape index (κ1) is 14.2. The molecule has 0 spiro atoms. The van der Waals surface area contributed by atoms with Gasteiger partial charge in [-0.1, -0.05) is 0 Å². The van der Waals surface area contributed by atoms with Crippen LogP contribution < -0.4 is 4.90 Å². The molecule has 120 valence electrons. The van der Waals surface area contributed by atoms with Crippen LogP contribution in [0.25, 0.3) is 0 Å². The Labute approximate surface area is 134 Å². The number of hydrogen-bond donors (Lipinski definition) is 1. The fraction of sp³-hybridized carbons (Fsp3) is 0.500. The van der Waals surface area contributed by atoms with Crippen LogP contribution in [0.3, 0.4) is 0 Å². The van der Waals surface area contributed by atoms with Crippen LogP contribution in [0.4, 0.5) is 5.82 Å². The topological polar surface area (TPSA) is 78.0 Å². The van der Waals surface area contributed by atoms with Crippen LogP contribution in [0.2, 0.25) is 0 Å². The minimum absolute atomic E-state index is 0.0357. The number of aromatic amines is 1. The van der Waals surface area contributed by atoms with Crippen molar-refractivity contribution in [3.63, 3.8) is 0 Å². The van der Waals surface area contributed by atoms with Crippen LogP contribution in [0, 0.1) is 25.7 Å². The van der Waals surface area contributed by atoms with Gasteiger partial charge in [0.05, 0.1) is 0 Å². The van der Waals surface area contributed by atoms with Crippen molar-refractivity contribution in [2.75, 3.05) is 31.1 Å². The van der Waals surface area contributed by atoms with Crippen LogP contribution >= 0.6 is 0 Å². The third-order valence-corrected chi connectivity index (χ3v) is 4.87. The molecule has 0 bridgehead atoms. The molecule has 7 nitrogen and oxygen atoms in total. The number of rotatable bonds is 2. The molecule has 1 N–H and O–H groups in total. The summed E-state index contributed by atoms with van der Waals surface area (Å²) in [6.07, 6.45) is 3.46. The second-order valence-corrected chi connectivity index (χ2v) is 6.60. The number of anilines is 1. The van der Waals surface area contributed by atoms with Crippen LogP contribution in [-0.2, 0) is 0 Å². The van der Waals surface area contributed by atoms with E-state index in [0.717, 1.165) is 43.3 Å². The van der Waals surface area contributed by atoms with Gasteiger partial charge >= 0.3 is 0 Å². The van der Waals surface area contributed by atoms with Crippen molar-refractivity contribution in [3.8, 4) is 0 Å². The maximum Gasteiger partial charge on any atom is 0.274 e. The van der Waals surface area contributed by atoms with E-state index in [0.29, 0.717) is 17.5 Å². The molecule has 0 aromatic carbocycles. The summed E-state index contributed by atoms with van der Waals surface area (Å²) in [7, 11) is 0. The number of hydrogen-bond acceptors (Lipinski definition) is 5. The van der Waals surface area contributed by atoms with E-state index in [4.69, 9.17) is 0 Å². The molecule has 7 heteroatoms. The Bertz CT molecular complexity index is 728. The molecule has 2 saturated heterocycles. The Balaban J connectivity index is 1.44. The average Bonchev–Trinajstić information content (AvgIpc) is 3.21. The van der Waals surface area contributed by atoms with Crippen molar-refractivity contribution in [2.45, 2.75) is 13.8 Å². The summed E-state index contributed by atoms with van der Waals surface area (Å²) in [6, 6.07) is 1.81. The lowest BCUT2D eigenvalue weighted by atomic mass is 10.0. The largest absolute Gasteiger partial charge is 0.356 e. The minimum Gasteiger partial charge on any atom is -0.356 e. The van der Waals surface area contributed by atoms with Crippen LogP contribution in [0.1, 0.15) is 21.7 Å². The molecule has 0 radical (unpaired) electrons. The van der Waals surface area contributed by atoms with Gasteiger partial charge in [0.1, 0.15) is 17.8 Å². The van der Waals surface area contributed by atoms with Gasteiger partial charge in [-0.2, -0.15) is 5.10 Å². The van der Waals surface area contributed by atoms with Crippen molar-refractivity contribution in [3.05, 3.63) is 35.5 Å². The molecule has 4 rings (SSSR count). The Kier molecular flexibility index (Phi) is 3.28. The number of carbonyl (C=O) groups is 1. The summed E-state index contributed by atoms with van der Waals surface area (Å²) in [6.45, 7) is 7.45. The number of fused-ring (bicyclic) bond motifs is 1. The summed E-state index contributed by atoms with van der Waals surface area (Å²) in [5, 5.41) is 6.92. The molecule has 23 heavy (non-hydrogen) atoms. The van der Waals surface area contributed by atoms with Crippen LogP contribution in [-0.4, -0.2) is 57.2 Å². The summed E-state index contributed by atoms with van der Waals surface area (Å²) in [5.74, 6) is 2.07. The lowest BCUT2D eigenvalue weighted by molar-refractivity contribution is 0.0776. The molecule has 0 aliphatic carbocycles. The number of nitrogens with zero attached hydrogens (tertiary/aromatic N) is 5. The van der Waals surface area contributed by atoms with Crippen LogP contribution in [0.5, 0.6) is 0 Å². The van der Waals surface area contributed by atoms with Gasteiger partial charge in [-0.05, 0) is 19.9 Å². The molecule has 0 saturated carbocycles. The summed E-state index contributed by atoms with van der Waals surface area (Å²) in [5.41, 5.74) is 2.54. The normalized spacial score (nSPS) is 23.4. The maximum atomic E-state index is 12.5. The van der Waals surface area contributed by atoms with Crippen molar-refractivity contribution in [1.82, 2.24) is 25.1 Å². The molecule has 2 atom stereocenters. The van der Waals surface area contributed by atoms with Gasteiger partial charge < -0.3 is 9.80 Å². The number of amides is 1. The number of aryl methyl sites for hydroxylation is 2. The highest BCUT2D eigenvalue weighted by Gasteiger charge is 2.42. The first-order chi connectivity index (χ1) is 11.1. The Morgan fingerprint density at radius 3 is 2.57 bits per heavy atom. The summed E-state index contributed by atoms with van der Waals surface area (Å²) < 4.78 is 0. The van der Waals surface area contributed by atoms with Crippen molar-refractivity contribution < 1.29 is 4.79 Å². The number of carbonyl (C=O) groups excluding carboxylic acids is 1. The van der Waals surface area contributed by atoms with Crippen LogP contribution in [0.15, 0.2) is 18.6 Å². The van der Waals surface area contributed by atoms with Gasteiger partial charge in [-0.25, -0.2) is 9.97 Å². The molecule has 4 heterocycles. The lowest BCUT2D eigenvalue weighted by Gasteiger charge is -2.22. The second kappa shape index (κ2) is 5.33. The smallest absolute Gasteiger partial charge is 0.274 e. The molecule has 2 aromatic heterocycles. The van der Waals surface area contributed by atoms with E-state index in [2.05, 4.69) is 25.1 Å². The molecular weight excluding hydrogens is 292 g/mol. The Hall–Kier alpha value is -2.44. The van der Waals surface area contributed by atoms with Gasteiger partial charge in [0.15, 0.2) is 0 Å². The van der Waals surface area contributed by atoms with E-state index in [1.807, 2.05) is 31.0 Å². The zero-order valence-corrected chi connectivity index (χ0v) is 13.4. The van der Waals surface area contributed by atoms with Crippen molar-refractivity contribution in [1.29, 1.82) is 0 Å². The minimum atomic E-state index is 0.0357. The molecular formula is C16H20N6O. The molecule has 2 aromatic rings. The van der Waals surface area contributed by atoms with E-state index in [-0.39, 0.29) is 5.91 Å². The summed E-state index contributed by atoms with van der Waals surface area (Å²) in [4.78, 5) is 25.2. The van der Waals surface area contributed by atoms with Gasteiger partial charge in [-0.15, -0.1) is 0 Å². The van der Waals surface area contributed by atoms with Gasteiger partial charge in [0.2, 0.25) is 0 Å². The highest BCUT2D eigenvalue weighted by molar-refractivity contribution is 5.92. The monoisotopic (exact) mass is 312 g/mol. The fourth-order valence-electron chi connectivity index (χ4n) is 3.75. The predicted octanol–water partition coefficient (Wildman–Crippen LogP) is 1.02. The summed E-state index contributed by atoms with van der Waals surface area (Å²) >= 11 is 0. The third kappa shape index (κ3) is 2.46. The highest BCUT2D eigenvalue weighted by Crippen LogP contribution is 2.34. The van der Waals surface area contributed by atoms with Crippen molar-refractivity contribution in [2.24, 2.45) is 11.8 Å². The number of nitrogens with one attached hydrogen (secondary N) is 1. The van der Waals surface area contributed by atoms with Gasteiger partial charge in [0, 0.05) is 55.5 Å². The van der Waals surface area contributed by atoms with E-state index in [9.17, 15) is 4.79 Å². The molecule has 2 unspecified atom stereocenters. The Morgan fingerprint density at radius 1 is 1.22 bits per heavy atom. The first-order valence-corrected chi connectivity index (χ1v) is 7.94. The number of likely N-dealkylation sites (tertiary alicyclic amines) is 1. The Morgan fingerprint density at radius 2 is 1.96 bits per heavy atom. The second-order valence-electron chi connectivity index (χ2n) is 6.60. The quantitative estimate of drug-likeness (QED) is 0.896. The van der Waals surface area contributed by atoms with E-state index in [1.165, 1.54) is 0 Å². The van der Waals surface area contributed by atoms with E-state index in [1.54, 1.807) is 6.33 Å². The third-order valence-electron chi connectivity index (χ3n) is 4.87. The average molecular weight is 312 g/mol. The predicted molar refractivity (Wildman–Crippen MR) is 85.2 cm³/mol. The highest BCUT2D eigenvalue weighted by atomic mass is 16.2. The maximum absolute atomic E-state index is 12.5. The standard InChI is InChI=1S/C16H20N6O/c1-10-4-17-9-18-15(10)21-5-12-7-22(8-13(12)6-21)16(23)14-3-11(2)19-20-14/h3-4,9,12-13H,5-8H2,1-2H3,(H,19,20). The van der Waals surface area contributed by atoms with E-state index >= 15 is 0 Å². The fourth-order valence-corrected chi connectivity index (χ4v) is 3.75. The van der Waals surface area contributed by atoms with E-state index < -0.39 is 0 Å². The molecule has 2 fully saturated rings. The lowest BCUT2D eigenvalue weighted by Crippen LogP contribution is -2.33. The number of aromatic nitrogens is 4. The number of H-pyrrole nitrogens is 1.